The van der Waals surface area contributed by atoms with Crippen molar-refractivity contribution < 1.29 is 4.79 Å². The molecule has 0 spiro atoms. The van der Waals surface area contributed by atoms with E-state index in [9.17, 15) is 4.79 Å². The summed E-state index contributed by atoms with van der Waals surface area (Å²) in [5, 5.41) is 6.23. The second-order valence-electron chi connectivity index (χ2n) is 1.71. The van der Waals surface area contributed by atoms with E-state index in [2.05, 4.69) is 21.2 Å². The molecule has 1 rings (SSSR count). The van der Waals surface area contributed by atoms with Crippen molar-refractivity contribution in [1.29, 1.82) is 0 Å². The number of carbonyl (C=O) groups is 1. The van der Waals surface area contributed by atoms with Gasteiger partial charge in [0.25, 0.3) is 5.91 Å². The first-order valence-corrected chi connectivity index (χ1v) is 4.43. The number of nitrogens with one attached hydrogen (secondary N) is 1. The molecule has 0 saturated carbocycles. The molecule has 0 aliphatic carbocycles. The Hall–Kier alpha value is -0.350. The van der Waals surface area contributed by atoms with Crippen LogP contribution in [0.1, 0.15) is 10.4 Å². The topological polar surface area (TPSA) is 29.1 Å². The van der Waals surface area contributed by atoms with E-state index in [1.165, 1.54) is 11.3 Å². The van der Waals surface area contributed by atoms with E-state index in [0.717, 1.165) is 4.47 Å². The fraction of sp³-hybridized carbons (Fsp3) is 0.167. The van der Waals surface area contributed by atoms with Crippen LogP contribution in [0.2, 0.25) is 0 Å². The number of halogens is 1. The number of carbonyl (C=O) groups excluding carboxylic acids is 1. The van der Waals surface area contributed by atoms with Gasteiger partial charge in [0.2, 0.25) is 0 Å². The van der Waals surface area contributed by atoms with Crippen LogP contribution in [0.3, 0.4) is 0 Å². The van der Waals surface area contributed by atoms with E-state index in [1.807, 2.05) is 10.8 Å². The van der Waals surface area contributed by atoms with Crippen LogP contribution in [-0.4, -0.2) is 13.0 Å². The van der Waals surface area contributed by atoms with Crippen LogP contribution >= 0.6 is 27.3 Å². The van der Waals surface area contributed by atoms with Crippen molar-refractivity contribution in [2.75, 3.05) is 7.05 Å². The average molecular weight is 220 g/mol. The van der Waals surface area contributed by atoms with Gasteiger partial charge in [0.15, 0.2) is 0 Å². The second kappa shape index (κ2) is 3.16. The summed E-state index contributed by atoms with van der Waals surface area (Å²) in [6.07, 6.45) is 0. The Morgan fingerprint density at radius 3 is 2.80 bits per heavy atom. The van der Waals surface area contributed by atoms with E-state index in [1.54, 1.807) is 7.05 Å². The maximum Gasteiger partial charge on any atom is 0.253 e. The number of amides is 1. The van der Waals surface area contributed by atoms with Crippen LogP contribution < -0.4 is 5.32 Å². The maximum absolute atomic E-state index is 11.0. The molecule has 0 saturated heterocycles. The summed E-state index contributed by atoms with van der Waals surface area (Å²) in [4.78, 5) is 11.0. The predicted octanol–water partition coefficient (Wildman–Crippen LogP) is 1.87. The summed E-state index contributed by atoms with van der Waals surface area (Å²) >= 11 is 4.76. The summed E-state index contributed by atoms with van der Waals surface area (Å²) < 4.78 is 0.858. The van der Waals surface area contributed by atoms with Crippen LogP contribution in [0, 0.1) is 0 Å². The summed E-state index contributed by atoms with van der Waals surface area (Å²) in [7, 11) is 1.62. The lowest BCUT2D eigenvalue weighted by atomic mass is 10.3. The molecule has 2 nitrogen and oxygen atoms in total. The number of thiophene rings is 1. The fourth-order valence-corrected chi connectivity index (χ4v) is 2.03. The molecular weight excluding hydrogens is 214 g/mol. The molecule has 0 radical (unpaired) electrons. The Morgan fingerprint density at radius 1 is 1.70 bits per heavy atom. The standard InChI is InChI=1S/C6H6BrNOS/c1-8-6(9)4-2-10-3-5(4)7/h2-3H,1H3,(H,8,9). The highest BCUT2D eigenvalue weighted by atomic mass is 79.9. The smallest absolute Gasteiger partial charge is 0.253 e. The van der Waals surface area contributed by atoms with Crippen LogP contribution in [0.25, 0.3) is 0 Å². The second-order valence-corrected chi connectivity index (χ2v) is 3.31. The van der Waals surface area contributed by atoms with Crippen molar-refractivity contribution in [1.82, 2.24) is 5.32 Å². The summed E-state index contributed by atoms with van der Waals surface area (Å²) in [5.74, 6) is -0.0480. The molecule has 0 aliphatic rings. The minimum atomic E-state index is -0.0480. The molecule has 0 bridgehead atoms. The lowest BCUT2D eigenvalue weighted by Gasteiger charge is -1.94. The van der Waals surface area contributed by atoms with Gasteiger partial charge in [-0.2, -0.15) is 11.3 Å². The summed E-state index contributed by atoms with van der Waals surface area (Å²) in [5.41, 5.74) is 0.701. The zero-order valence-electron chi connectivity index (χ0n) is 5.35. The quantitative estimate of drug-likeness (QED) is 0.769. The number of rotatable bonds is 1. The molecule has 4 heteroatoms. The summed E-state index contributed by atoms with van der Waals surface area (Å²) in [6, 6.07) is 0. The minimum absolute atomic E-state index is 0.0480. The van der Waals surface area contributed by atoms with E-state index >= 15 is 0 Å². The van der Waals surface area contributed by atoms with Gasteiger partial charge in [0.05, 0.1) is 5.56 Å². The molecule has 10 heavy (non-hydrogen) atoms. The predicted molar refractivity (Wildman–Crippen MR) is 45.4 cm³/mol. The number of hydrogen-bond acceptors (Lipinski definition) is 2. The van der Waals surface area contributed by atoms with Gasteiger partial charge in [-0.25, -0.2) is 0 Å². The van der Waals surface area contributed by atoms with Gasteiger partial charge < -0.3 is 5.32 Å². The van der Waals surface area contributed by atoms with Crippen LogP contribution in [0.4, 0.5) is 0 Å². The van der Waals surface area contributed by atoms with Crippen molar-refractivity contribution in [3.05, 3.63) is 20.8 Å². The fourth-order valence-electron chi connectivity index (χ4n) is 0.578. The summed E-state index contributed by atoms with van der Waals surface area (Å²) in [6.45, 7) is 0. The highest BCUT2D eigenvalue weighted by molar-refractivity contribution is 9.10. The molecule has 0 atom stereocenters. The molecule has 1 heterocycles. The minimum Gasteiger partial charge on any atom is -0.355 e. The molecule has 1 amide bonds. The lowest BCUT2D eigenvalue weighted by Crippen LogP contribution is -2.17. The monoisotopic (exact) mass is 219 g/mol. The zero-order valence-corrected chi connectivity index (χ0v) is 7.75. The van der Waals surface area contributed by atoms with E-state index in [4.69, 9.17) is 0 Å². The highest BCUT2D eigenvalue weighted by Gasteiger charge is 2.07. The normalized spacial score (nSPS) is 9.40. The lowest BCUT2D eigenvalue weighted by molar-refractivity contribution is 0.0963. The van der Waals surface area contributed by atoms with Crippen molar-refractivity contribution in [3.63, 3.8) is 0 Å². The first-order chi connectivity index (χ1) is 4.75. The third-order valence-corrected chi connectivity index (χ3v) is 2.79. The highest BCUT2D eigenvalue weighted by Crippen LogP contribution is 2.20. The third kappa shape index (κ3) is 1.38. The van der Waals surface area contributed by atoms with Gasteiger partial charge in [0, 0.05) is 22.3 Å². The van der Waals surface area contributed by atoms with Crippen molar-refractivity contribution in [3.8, 4) is 0 Å². The molecule has 0 unspecified atom stereocenters. The first-order valence-electron chi connectivity index (χ1n) is 2.69. The SMILES string of the molecule is CNC(=O)c1cscc1Br. The molecule has 1 aromatic rings. The van der Waals surface area contributed by atoms with Gasteiger partial charge in [-0.05, 0) is 15.9 Å². The van der Waals surface area contributed by atoms with Gasteiger partial charge in [-0.1, -0.05) is 0 Å². The van der Waals surface area contributed by atoms with Gasteiger partial charge in [-0.15, -0.1) is 0 Å². The van der Waals surface area contributed by atoms with Gasteiger partial charge >= 0.3 is 0 Å². The van der Waals surface area contributed by atoms with Crippen LogP contribution in [0.5, 0.6) is 0 Å². The first kappa shape index (κ1) is 7.75. The van der Waals surface area contributed by atoms with E-state index < -0.39 is 0 Å². The largest absolute Gasteiger partial charge is 0.355 e. The zero-order chi connectivity index (χ0) is 7.56. The molecule has 0 aromatic carbocycles. The van der Waals surface area contributed by atoms with Gasteiger partial charge in [-0.3, -0.25) is 4.79 Å². The van der Waals surface area contributed by atoms with Crippen molar-refractivity contribution in [2.45, 2.75) is 0 Å². The molecule has 0 aliphatic heterocycles. The molecular formula is C6H6BrNOS. The molecule has 1 aromatic heterocycles. The Kier molecular flexibility index (Phi) is 2.45. The van der Waals surface area contributed by atoms with E-state index in [0.29, 0.717) is 5.56 Å². The van der Waals surface area contributed by atoms with Crippen LogP contribution in [0.15, 0.2) is 15.2 Å². The third-order valence-electron chi connectivity index (χ3n) is 1.09. The molecule has 0 fully saturated rings. The Morgan fingerprint density at radius 2 is 2.40 bits per heavy atom. The van der Waals surface area contributed by atoms with Crippen molar-refractivity contribution >= 4 is 33.2 Å². The maximum atomic E-state index is 11.0. The Labute approximate surface area is 71.4 Å². The van der Waals surface area contributed by atoms with E-state index in [-0.39, 0.29) is 5.91 Å². The average Bonchev–Trinajstić information content (AvgIpc) is 2.34. The molecule has 54 valence electrons. The number of hydrogen-bond donors (Lipinski definition) is 1. The van der Waals surface area contributed by atoms with Crippen molar-refractivity contribution in [2.24, 2.45) is 0 Å². The molecule has 1 N–H and O–H groups in total. The Balaban J connectivity index is 2.93. The van der Waals surface area contributed by atoms with Gasteiger partial charge in [0.1, 0.15) is 0 Å². The Bertz CT molecular complexity index is 246. The van der Waals surface area contributed by atoms with Crippen LogP contribution in [-0.2, 0) is 0 Å².